The minimum atomic E-state index is -1.41. The third kappa shape index (κ3) is 7.34. The molecule has 0 bridgehead atoms. The normalized spacial score (nSPS) is 19.8. The summed E-state index contributed by atoms with van der Waals surface area (Å²) < 4.78 is 38.0. The number of esters is 2. The van der Waals surface area contributed by atoms with Crippen molar-refractivity contribution >= 4 is 23.8 Å². The van der Waals surface area contributed by atoms with Gasteiger partial charge in [-0.15, -0.1) is 0 Å². The molecule has 2 aromatic carbocycles. The summed E-state index contributed by atoms with van der Waals surface area (Å²) in [5.74, 6) is -3.18. The van der Waals surface area contributed by atoms with Gasteiger partial charge in [-0.2, -0.15) is 4.98 Å². The van der Waals surface area contributed by atoms with E-state index in [1.807, 2.05) is 6.92 Å². The Morgan fingerprint density at radius 1 is 0.951 bits per heavy atom. The molecule has 0 unspecified atom stereocenters. The second-order valence-corrected chi connectivity index (χ2v) is 9.30. The van der Waals surface area contributed by atoms with Crippen molar-refractivity contribution in [1.29, 1.82) is 0 Å². The van der Waals surface area contributed by atoms with Gasteiger partial charge in [-0.3, -0.25) is 9.88 Å². The predicted molar refractivity (Wildman–Crippen MR) is 144 cm³/mol. The molecular formula is C29H30FN3O8. The van der Waals surface area contributed by atoms with Crippen molar-refractivity contribution in [2.75, 3.05) is 11.9 Å². The molecule has 11 nitrogen and oxygen atoms in total. The topological polar surface area (TPSA) is 135 Å². The summed E-state index contributed by atoms with van der Waals surface area (Å²) in [6, 6.07) is 16.2. The number of unbranched alkanes of at least 4 members (excludes halogenated alkanes) is 2. The summed E-state index contributed by atoms with van der Waals surface area (Å²) in [4.78, 5) is 54.5. The molecule has 4 atom stereocenters. The van der Waals surface area contributed by atoms with Crippen LogP contribution in [-0.2, 0) is 18.9 Å². The Balaban J connectivity index is 1.59. The van der Waals surface area contributed by atoms with E-state index in [0.29, 0.717) is 6.42 Å². The van der Waals surface area contributed by atoms with Crippen LogP contribution in [0.4, 0.5) is 15.0 Å². The van der Waals surface area contributed by atoms with Gasteiger partial charge in [0.05, 0.1) is 30.0 Å². The Hall–Kier alpha value is -4.58. The lowest BCUT2D eigenvalue weighted by atomic mass is 10.1. The predicted octanol–water partition coefficient (Wildman–Crippen LogP) is 4.49. The average molecular weight is 568 g/mol. The van der Waals surface area contributed by atoms with Crippen molar-refractivity contribution in [3.63, 3.8) is 0 Å². The smallest absolute Gasteiger partial charge is 0.412 e. The number of halogens is 1. The Labute approximate surface area is 235 Å². The van der Waals surface area contributed by atoms with Crippen LogP contribution < -0.4 is 11.0 Å². The van der Waals surface area contributed by atoms with E-state index < -0.39 is 59.9 Å². The number of aromatic nitrogens is 2. The summed E-state index contributed by atoms with van der Waals surface area (Å²) in [6.45, 7) is 3.68. The fourth-order valence-electron chi connectivity index (χ4n) is 4.21. The average Bonchev–Trinajstić information content (AvgIpc) is 3.27. The molecular weight excluding hydrogens is 537 g/mol. The van der Waals surface area contributed by atoms with Crippen molar-refractivity contribution in [1.82, 2.24) is 9.55 Å². The minimum absolute atomic E-state index is 0.129. The van der Waals surface area contributed by atoms with Gasteiger partial charge in [-0.05, 0) is 37.6 Å². The first kappa shape index (κ1) is 29.4. The molecule has 0 saturated carbocycles. The number of anilines is 1. The molecule has 3 aromatic rings. The maximum absolute atomic E-state index is 15.0. The van der Waals surface area contributed by atoms with Crippen molar-refractivity contribution in [3.8, 4) is 0 Å². The molecule has 2 heterocycles. The number of carbonyl (C=O) groups is 3. The summed E-state index contributed by atoms with van der Waals surface area (Å²) in [5, 5.41) is 2.12. The molecule has 1 aromatic heterocycles. The molecule has 0 radical (unpaired) electrons. The molecule has 1 saturated heterocycles. The Morgan fingerprint density at radius 2 is 1.54 bits per heavy atom. The number of benzene rings is 2. The maximum atomic E-state index is 15.0. The zero-order valence-corrected chi connectivity index (χ0v) is 22.5. The van der Waals surface area contributed by atoms with Crippen LogP contribution in [0.25, 0.3) is 0 Å². The number of ether oxygens (including phenoxy) is 4. The number of nitrogens with one attached hydrogen (secondary N) is 1. The molecule has 1 N–H and O–H groups in total. The molecule has 0 aliphatic carbocycles. The molecule has 41 heavy (non-hydrogen) atoms. The van der Waals surface area contributed by atoms with Gasteiger partial charge in [0.25, 0.3) is 0 Å². The molecule has 1 aliphatic heterocycles. The molecule has 1 amide bonds. The monoisotopic (exact) mass is 567 g/mol. The van der Waals surface area contributed by atoms with E-state index in [1.54, 1.807) is 55.5 Å². The first-order chi connectivity index (χ1) is 19.8. The fourth-order valence-corrected chi connectivity index (χ4v) is 4.21. The molecule has 4 rings (SSSR count). The number of rotatable bonds is 10. The Kier molecular flexibility index (Phi) is 9.80. The zero-order chi connectivity index (χ0) is 29.4. The lowest BCUT2D eigenvalue weighted by molar-refractivity contribution is -0.0513. The molecule has 216 valence electrons. The molecule has 1 aliphatic rings. The van der Waals surface area contributed by atoms with E-state index in [0.717, 1.165) is 23.6 Å². The highest BCUT2D eigenvalue weighted by Gasteiger charge is 2.49. The van der Waals surface area contributed by atoms with Gasteiger partial charge in [-0.25, -0.2) is 23.6 Å². The van der Waals surface area contributed by atoms with E-state index in [9.17, 15) is 19.2 Å². The van der Waals surface area contributed by atoms with Gasteiger partial charge in [0.1, 0.15) is 0 Å². The van der Waals surface area contributed by atoms with E-state index >= 15 is 4.39 Å². The van der Waals surface area contributed by atoms with Crippen LogP contribution >= 0.6 is 0 Å². The van der Waals surface area contributed by atoms with Gasteiger partial charge >= 0.3 is 23.7 Å². The number of nitrogens with zero attached hydrogens (tertiary/aromatic N) is 2. The van der Waals surface area contributed by atoms with Crippen LogP contribution in [0.2, 0.25) is 0 Å². The first-order valence-corrected chi connectivity index (χ1v) is 13.2. The SMILES string of the molecule is CCCCCOC(=O)Nc1nc(=O)n([C@@H]2O[C@H](C)[C@@H](OC(=O)c3ccccc3)[C@H]2OC(=O)c2ccccc2)cc1F. The van der Waals surface area contributed by atoms with Crippen molar-refractivity contribution in [3.05, 3.63) is 94.3 Å². The zero-order valence-electron chi connectivity index (χ0n) is 22.5. The number of amides is 1. The van der Waals surface area contributed by atoms with E-state index in [-0.39, 0.29) is 17.7 Å². The van der Waals surface area contributed by atoms with Crippen LogP contribution in [0, 0.1) is 5.82 Å². The van der Waals surface area contributed by atoms with Crippen molar-refractivity contribution < 1.29 is 37.7 Å². The van der Waals surface area contributed by atoms with Crippen molar-refractivity contribution in [2.24, 2.45) is 0 Å². The first-order valence-electron chi connectivity index (χ1n) is 13.2. The highest BCUT2D eigenvalue weighted by atomic mass is 19.1. The Morgan fingerprint density at radius 3 is 2.12 bits per heavy atom. The fraction of sp³-hybridized carbons (Fsp3) is 0.345. The maximum Gasteiger partial charge on any atom is 0.412 e. The highest BCUT2D eigenvalue weighted by Crippen LogP contribution is 2.34. The summed E-state index contributed by atoms with van der Waals surface area (Å²) in [7, 11) is 0. The lowest BCUT2D eigenvalue weighted by Gasteiger charge is -2.24. The van der Waals surface area contributed by atoms with E-state index in [1.165, 1.54) is 12.1 Å². The molecule has 1 fully saturated rings. The summed E-state index contributed by atoms with van der Waals surface area (Å²) in [6.07, 6.45) is -2.57. The van der Waals surface area contributed by atoms with Gasteiger partial charge in [0, 0.05) is 0 Å². The van der Waals surface area contributed by atoms with Gasteiger partial charge in [0.2, 0.25) is 0 Å². The lowest BCUT2D eigenvalue weighted by Crippen LogP contribution is -2.41. The van der Waals surface area contributed by atoms with E-state index in [4.69, 9.17) is 18.9 Å². The second-order valence-electron chi connectivity index (χ2n) is 9.30. The standard InChI is InChI=1S/C29H30FN3O8/c1-3-4-11-16-38-29(37)32-24-21(30)17-33(28(36)31-24)25-23(41-27(35)20-14-9-6-10-15-20)22(18(2)39-25)40-26(34)19-12-7-5-8-13-19/h5-10,12-15,17-18,22-23,25H,3-4,11,16H2,1-2H3,(H,31,32,36,37)/t18-,22-,23-,25-/m1/s1. The number of hydrogen-bond donors (Lipinski definition) is 1. The van der Waals surface area contributed by atoms with Gasteiger partial charge in [-0.1, -0.05) is 56.2 Å². The molecule has 0 spiro atoms. The number of hydrogen-bond acceptors (Lipinski definition) is 9. The number of carbonyl (C=O) groups excluding carboxylic acids is 3. The van der Waals surface area contributed by atoms with Crippen LogP contribution in [0.3, 0.4) is 0 Å². The minimum Gasteiger partial charge on any atom is -0.452 e. The summed E-state index contributed by atoms with van der Waals surface area (Å²) in [5.41, 5.74) is -0.563. The summed E-state index contributed by atoms with van der Waals surface area (Å²) >= 11 is 0. The van der Waals surface area contributed by atoms with Gasteiger partial charge < -0.3 is 18.9 Å². The van der Waals surface area contributed by atoms with Gasteiger partial charge in [0.15, 0.2) is 30.1 Å². The third-order valence-electron chi connectivity index (χ3n) is 6.31. The Bertz CT molecular complexity index is 1420. The largest absolute Gasteiger partial charge is 0.452 e. The third-order valence-corrected chi connectivity index (χ3v) is 6.31. The second kappa shape index (κ2) is 13.7. The van der Waals surface area contributed by atoms with Crippen molar-refractivity contribution in [2.45, 2.75) is 57.6 Å². The van der Waals surface area contributed by atoms with Crippen LogP contribution in [-0.4, -0.2) is 52.5 Å². The highest BCUT2D eigenvalue weighted by molar-refractivity contribution is 5.90. The quantitative estimate of drug-likeness (QED) is 0.214. The molecule has 12 heteroatoms. The van der Waals surface area contributed by atoms with Crippen LogP contribution in [0.1, 0.15) is 60.1 Å². The van der Waals surface area contributed by atoms with E-state index in [2.05, 4.69) is 10.3 Å². The van der Waals surface area contributed by atoms with Crippen LogP contribution in [0.15, 0.2) is 71.7 Å². The van der Waals surface area contributed by atoms with Crippen LogP contribution in [0.5, 0.6) is 0 Å².